The smallest absolute Gasteiger partial charge is 0.244 e. The average Bonchev–Trinajstić information content (AvgIpc) is 3.57. The summed E-state index contributed by atoms with van der Waals surface area (Å²) in [5.74, 6) is 0.635. The second-order valence-electron chi connectivity index (χ2n) is 9.25. The lowest BCUT2D eigenvalue weighted by molar-refractivity contribution is -0.116. The van der Waals surface area contributed by atoms with Crippen molar-refractivity contribution in [1.82, 2.24) is 24.9 Å². The quantitative estimate of drug-likeness (QED) is 0.158. The van der Waals surface area contributed by atoms with Gasteiger partial charge in [0.05, 0.1) is 16.4 Å². The lowest BCUT2D eigenvalue weighted by Gasteiger charge is -2.12. The lowest BCUT2D eigenvalue weighted by atomic mass is 10.1. The Bertz CT molecular complexity index is 1880. The first kappa shape index (κ1) is 25.9. The van der Waals surface area contributed by atoms with E-state index in [-0.39, 0.29) is 5.91 Å². The van der Waals surface area contributed by atoms with Crippen LogP contribution in [0.4, 0.5) is 5.82 Å². The third kappa shape index (κ3) is 5.50. The third-order valence-corrected chi connectivity index (χ3v) is 7.43. The van der Waals surface area contributed by atoms with Crippen molar-refractivity contribution in [2.75, 3.05) is 5.32 Å². The molecular formula is C31H24BrClN6O. The molecule has 0 saturated carbocycles. The zero-order valence-corrected chi connectivity index (χ0v) is 23.6. The minimum atomic E-state index is -0.149. The summed E-state index contributed by atoms with van der Waals surface area (Å²) in [4.78, 5) is 20.5. The summed E-state index contributed by atoms with van der Waals surface area (Å²) in [6.45, 7) is 0.980. The predicted octanol–water partition coefficient (Wildman–Crippen LogP) is 7.24. The van der Waals surface area contributed by atoms with Crippen LogP contribution in [0, 0.1) is 0 Å². The van der Waals surface area contributed by atoms with Gasteiger partial charge in [-0.2, -0.15) is 9.61 Å². The number of amides is 1. The SMILES string of the molecule is O=C(/C=C/c1c[nH]c2ccccc12)NCc1cccc(CNc2cc(-c3ccccc3Cl)nc3c(Br)cnn23)c1. The normalized spacial score (nSPS) is 11.4. The number of nitrogens with one attached hydrogen (secondary N) is 3. The minimum absolute atomic E-state index is 0.149. The standard InChI is InChI=1S/C31H24BrClN6O/c32-25-19-37-39-29(15-28(38-31(25)39)24-9-1-3-10-26(24)33)35-16-20-6-5-7-21(14-20)17-36-30(40)13-12-22-18-34-27-11-4-2-8-23(22)27/h1-15,18-19,34-35H,16-17H2,(H,36,40)/b13-12+. The maximum Gasteiger partial charge on any atom is 0.244 e. The first-order valence-electron chi connectivity index (χ1n) is 12.7. The zero-order valence-electron chi connectivity index (χ0n) is 21.2. The predicted molar refractivity (Wildman–Crippen MR) is 164 cm³/mol. The van der Waals surface area contributed by atoms with Gasteiger partial charge in [-0.15, -0.1) is 0 Å². The molecule has 0 aliphatic carbocycles. The molecule has 9 heteroatoms. The molecule has 0 saturated heterocycles. The van der Waals surface area contributed by atoms with Gasteiger partial charge in [-0.25, -0.2) is 4.98 Å². The molecule has 7 nitrogen and oxygen atoms in total. The summed E-state index contributed by atoms with van der Waals surface area (Å²) >= 11 is 10.0. The molecule has 0 radical (unpaired) electrons. The highest BCUT2D eigenvalue weighted by Gasteiger charge is 2.13. The van der Waals surface area contributed by atoms with Crippen molar-refractivity contribution in [1.29, 1.82) is 0 Å². The maximum atomic E-state index is 12.5. The number of anilines is 1. The average molecular weight is 612 g/mol. The Hall–Kier alpha value is -4.40. The number of aromatic nitrogens is 4. The molecule has 0 fully saturated rings. The second kappa shape index (κ2) is 11.4. The van der Waals surface area contributed by atoms with Gasteiger partial charge < -0.3 is 15.6 Å². The fraction of sp³-hybridized carbons (Fsp3) is 0.0645. The number of fused-ring (bicyclic) bond motifs is 2. The van der Waals surface area contributed by atoms with Gasteiger partial charge in [0.15, 0.2) is 5.65 Å². The van der Waals surface area contributed by atoms with Crippen molar-refractivity contribution in [3.8, 4) is 11.3 Å². The fourth-order valence-corrected chi connectivity index (χ4v) is 5.14. The van der Waals surface area contributed by atoms with Gasteiger partial charge in [0.1, 0.15) is 5.82 Å². The molecule has 0 aliphatic rings. The van der Waals surface area contributed by atoms with Crippen LogP contribution in [0.2, 0.25) is 5.02 Å². The molecule has 3 aromatic carbocycles. The Morgan fingerprint density at radius 3 is 2.67 bits per heavy atom. The Morgan fingerprint density at radius 1 is 1.00 bits per heavy atom. The summed E-state index contributed by atoms with van der Waals surface area (Å²) in [5, 5.41) is 12.6. The van der Waals surface area contributed by atoms with Gasteiger partial charge in [0.2, 0.25) is 5.91 Å². The molecule has 6 aromatic rings. The number of carbonyl (C=O) groups excluding carboxylic acids is 1. The Morgan fingerprint density at radius 2 is 1.80 bits per heavy atom. The number of carbonyl (C=O) groups is 1. The number of H-pyrrole nitrogens is 1. The van der Waals surface area contributed by atoms with Gasteiger partial charge in [0, 0.05) is 52.9 Å². The topological polar surface area (TPSA) is 87.1 Å². The molecule has 1 amide bonds. The zero-order chi connectivity index (χ0) is 27.5. The van der Waals surface area contributed by atoms with E-state index >= 15 is 0 Å². The molecule has 3 aromatic heterocycles. The molecule has 0 aliphatic heterocycles. The van der Waals surface area contributed by atoms with E-state index < -0.39 is 0 Å². The van der Waals surface area contributed by atoms with E-state index in [0.717, 1.165) is 49.1 Å². The van der Waals surface area contributed by atoms with E-state index in [9.17, 15) is 4.79 Å². The first-order valence-corrected chi connectivity index (χ1v) is 13.9. The highest BCUT2D eigenvalue weighted by Crippen LogP contribution is 2.30. The molecule has 3 heterocycles. The molecule has 40 heavy (non-hydrogen) atoms. The van der Waals surface area contributed by atoms with Crippen LogP contribution in [0.1, 0.15) is 16.7 Å². The van der Waals surface area contributed by atoms with E-state index in [2.05, 4.69) is 42.7 Å². The number of aromatic amines is 1. The maximum absolute atomic E-state index is 12.5. The van der Waals surface area contributed by atoms with Crippen LogP contribution < -0.4 is 10.6 Å². The molecule has 6 rings (SSSR count). The highest BCUT2D eigenvalue weighted by molar-refractivity contribution is 9.10. The van der Waals surface area contributed by atoms with Crippen molar-refractivity contribution in [3.63, 3.8) is 0 Å². The molecule has 198 valence electrons. The molecule has 0 bridgehead atoms. The molecular weight excluding hydrogens is 588 g/mol. The molecule has 3 N–H and O–H groups in total. The van der Waals surface area contributed by atoms with Crippen LogP contribution in [-0.4, -0.2) is 25.5 Å². The van der Waals surface area contributed by atoms with Crippen LogP contribution in [0.15, 0.2) is 102 Å². The van der Waals surface area contributed by atoms with Crippen molar-refractivity contribution in [2.45, 2.75) is 13.1 Å². The van der Waals surface area contributed by atoms with E-state index in [4.69, 9.17) is 16.6 Å². The number of hydrogen-bond acceptors (Lipinski definition) is 4. The minimum Gasteiger partial charge on any atom is -0.366 e. The first-order chi connectivity index (χ1) is 19.5. The van der Waals surface area contributed by atoms with Crippen LogP contribution >= 0.6 is 27.5 Å². The summed E-state index contributed by atoms with van der Waals surface area (Å²) < 4.78 is 2.55. The number of benzene rings is 3. The Labute approximate surface area is 244 Å². The number of para-hydroxylation sites is 1. The molecule has 0 unspecified atom stereocenters. The number of nitrogens with zero attached hydrogens (tertiary/aromatic N) is 3. The lowest BCUT2D eigenvalue weighted by Crippen LogP contribution is -2.20. The summed E-state index contributed by atoms with van der Waals surface area (Å²) in [6.07, 6.45) is 7.02. The van der Waals surface area contributed by atoms with Gasteiger partial charge in [0.25, 0.3) is 0 Å². The van der Waals surface area contributed by atoms with E-state index in [1.807, 2.05) is 85.1 Å². The summed E-state index contributed by atoms with van der Waals surface area (Å²) in [5.41, 5.74) is 6.38. The summed E-state index contributed by atoms with van der Waals surface area (Å²) in [7, 11) is 0. The molecule has 0 spiro atoms. The van der Waals surface area contributed by atoms with Crippen molar-refractivity contribution < 1.29 is 4.79 Å². The Kier molecular flexibility index (Phi) is 7.35. The van der Waals surface area contributed by atoms with Crippen molar-refractivity contribution >= 4 is 61.9 Å². The largest absolute Gasteiger partial charge is 0.366 e. The van der Waals surface area contributed by atoms with Crippen molar-refractivity contribution in [3.05, 3.63) is 124 Å². The van der Waals surface area contributed by atoms with E-state index in [1.165, 1.54) is 0 Å². The van der Waals surface area contributed by atoms with Gasteiger partial charge in [-0.05, 0) is 50.8 Å². The second-order valence-corrected chi connectivity index (χ2v) is 10.5. The van der Waals surface area contributed by atoms with Crippen LogP contribution in [0.25, 0.3) is 33.9 Å². The monoisotopic (exact) mass is 610 g/mol. The molecule has 0 atom stereocenters. The Balaban J connectivity index is 1.14. The van der Waals surface area contributed by atoms with Crippen LogP contribution in [-0.2, 0) is 17.9 Å². The number of halogens is 2. The fourth-order valence-electron chi connectivity index (χ4n) is 4.56. The van der Waals surface area contributed by atoms with Crippen LogP contribution in [0.3, 0.4) is 0 Å². The summed E-state index contributed by atoms with van der Waals surface area (Å²) in [6, 6.07) is 25.7. The van der Waals surface area contributed by atoms with E-state index in [1.54, 1.807) is 16.8 Å². The van der Waals surface area contributed by atoms with E-state index in [0.29, 0.717) is 23.8 Å². The number of hydrogen-bond donors (Lipinski definition) is 3. The highest BCUT2D eigenvalue weighted by atomic mass is 79.9. The van der Waals surface area contributed by atoms with Crippen LogP contribution in [0.5, 0.6) is 0 Å². The third-order valence-electron chi connectivity index (χ3n) is 6.55. The van der Waals surface area contributed by atoms with Gasteiger partial charge in [-0.3, -0.25) is 4.79 Å². The van der Waals surface area contributed by atoms with Crippen molar-refractivity contribution in [2.24, 2.45) is 0 Å². The van der Waals surface area contributed by atoms with Gasteiger partial charge in [-0.1, -0.05) is 72.3 Å². The number of rotatable bonds is 8. The van der Waals surface area contributed by atoms with Gasteiger partial charge >= 0.3 is 0 Å².